The second-order valence-electron chi connectivity index (χ2n) is 2.00. The highest BCUT2D eigenvalue weighted by atomic mass is 33.1. The molecular weight excluding hydrogens is 216 g/mol. The van der Waals surface area contributed by atoms with Crippen molar-refractivity contribution in [2.24, 2.45) is 0 Å². The van der Waals surface area contributed by atoms with Crippen LogP contribution >= 0.6 is 21.6 Å². The van der Waals surface area contributed by atoms with Crippen LogP contribution in [-0.2, 0) is 14.5 Å². The molecule has 0 aromatic rings. The molecule has 2 N–H and O–H groups in total. The van der Waals surface area contributed by atoms with Crippen molar-refractivity contribution in [3.05, 3.63) is 0 Å². The maximum atomic E-state index is 10.4. The molecule has 0 amide bonds. The van der Waals surface area contributed by atoms with Crippen LogP contribution in [0.1, 0.15) is 12.8 Å². The lowest BCUT2D eigenvalue weighted by molar-refractivity contribution is -0.233. The second-order valence-corrected chi connectivity index (χ2v) is 4.70. The maximum absolute atomic E-state index is 10.4. The average molecular weight is 226 g/mol. The van der Waals surface area contributed by atoms with E-state index in [4.69, 9.17) is 10.4 Å². The van der Waals surface area contributed by atoms with Crippen LogP contribution in [0.3, 0.4) is 0 Å². The smallest absolute Gasteiger partial charge is 0.342 e. The zero-order valence-corrected chi connectivity index (χ0v) is 8.40. The number of hydrogen-bond donors (Lipinski definition) is 2. The van der Waals surface area contributed by atoms with Gasteiger partial charge < -0.3 is 9.99 Å². The van der Waals surface area contributed by atoms with Crippen molar-refractivity contribution in [2.45, 2.75) is 12.8 Å². The fourth-order valence-electron chi connectivity index (χ4n) is 0.417. The molecule has 76 valence electrons. The Morgan fingerprint density at radius 1 is 1.15 bits per heavy atom. The lowest BCUT2D eigenvalue weighted by Gasteiger charge is -1.97. The second kappa shape index (κ2) is 8.21. The highest BCUT2D eigenvalue weighted by Crippen LogP contribution is 2.22. The summed E-state index contributed by atoms with van der Waals surface area (Å²) < 4.78 is 0. The van der Waals surface area contributed by atoms with Crippen LogP contribution in [0.5, 0.6) is 0 Å². The molecule has 0 atom stereocenters. The van der Waals surface area contributed by atoms with Gasteiger partial charge in [-0.3, -0.25) is 4.79 Å². The summed E-state index contributed by atoms with van der Waals surface area (Å²) in [6.45, 7) is 0. The maximum Gasteiger partial charge on any atom is 0.342 e. The first-order valence-corrected chi connectivity index (χ1v) is 5.96. The predicted octanol–water partition coefficient (Wildman–Crippen LogP) is 1.25. The lowest BCUT2D eigenvalue weighted by atomic mass is 10.5. The van der Waals surface area contributed by atoms with Gasteiger partial charge in [0.25, 0.3) is 0 Å². The molecule has 0 aliphatic heterocycles. The highest BCUT2D eigenvalue weighted by molar-refractivity contribution is 8.76. The lowest BCUT2D eigenvalue weighted by Crippen LogP contribution is -2.01. The number of carboxylic acids is 1. The van der Waals surface area contributed by atoms with Crippen molar-refractivity contribution in [3.63, 3.8) is 0 Å². The van der Waals surface area contributed by atoms with Crippen LogP contribution in [0, 0.1) is 0 Å². The van der Waals surface area contributed by atoms with E-state index in [0.29, 0.717) is 11.5 Å². The van der Waals surface area contributed by atoms with E-state index < -0.39 is 11.9 Å². The Morgan fingerprint density at radius 2 is 1.69 bits per heavy atom. The molecule has 0 fully saturated rings. The normalized spacial score (nSPS) is 9.62. The molecule has 0 spiro atoms. The predicted molar refractivity (Wildman–Crippen MR) is 50.5 cm³/mol. The van der Waals surface area contributed by atoms with Gasteiger partial charge in [-0.15, -0.1) is 0 Å². The molecule has 7 heteroatoms. The van der Waals surface area contributed by atoms with Gasteiger partial charge >= 0.3 is 11.9 Å². The summed E-state index contributed by atoms with van der Waals surface area (Å²) in [6, 6.07) is 0. The number of hydrogen-bond acceptors (Lipinski definition) is 6. The van der Waals surface area contributed by atoms with E-state index in [9.17, 15) is 9.59 Å². The van der Waals surface area contributed by atoms with E-state index in [-0.39, 0.29) is 12.8 Å². The van der Waals surface area contributed by atoms with Gasteiger partial charge in [0.15, 0.2) is 0 Å². The van der Waals surface area contributed by atoms with Crippen molar-refractivity contribution >= 4 is 33.5 Å². The summed E-state index contributed by atoms with van der Waals surface area (Å²) >= 11 is 0. The van der Waals surface area contributed by atoms with Crippen LogP contribution in [0.25, 0.3) is 0 Å². The minimum atomic E-state index is -0.831. The SMILES string of the molecule is O=C(O)CCSSCCC(=O)OO. The molecule has 13 heavy (non-hydrogen) atoms. The number of carboxylic acid groups (broad SMARTS) is 1. The quantitative estimate of drug-likeness (QED) is 0.292. The monoisotopic (exact) mass is 226 g/mol. The van der Waals surface area contributed by atoms with Gasteiger partial charge in [0.2, 0.25) is 0 Å². The van der Waals surface area contributed by atoms with Gasteiger partial charge in [-0.2, -0.15) is 5.26 Å². The number of rotatable bonds is 7. The van der Waals surface area contributed by atoms with Crippen LogP contribution in [0.4, 0.5) is 0 Å². The van der Waals surface area contributed by atoms with Gasteiger partial charge in [0.1, 0.15) is 0 Å². The third kappa shape index (κ3) is 9.51. The minimum absolute atomic E-state index is 0.113. The Labute approximate surface area is 83.2 Å². The first-order valence-electron chi connectivity index (χ1n) is 3.47. The first-order chi connectivity index (χ1) is 6.16. The molecule has 0 rings (SSSR count). The molecule has 0 aromatic heterocycles. The molecule has 0 bridgehead atoms. The fourth-order valence-corrected chi connectivity index (χ4v) is 2.37. The third-order valence-corrected chi connectivity index (χ3v) is 3.38. The highest BCUT2D eigenvalue weighted by Gasteiger charge is 2.02. The van der Waals surface area contributed by atoms with Gasteiger partial charge in [-0.05, 0) is 0 Å². The van der Waals surface area contributed by atoms with Crippen molar-refractivity contribution < 1.29 is 24.8 Å². The van der Waals surface area contributed by atoms with Crippen LogP contribution in [0.2, 0.25) is 0 Å². The number of carbonyl (C=O) groups is 2. The number of carbonyl (C=O) groups excluding carboxylic acids is 1. The van der Waals surface area contributed by atoms with Gasteiger partial charge in [0, 0.05) is 11.5 Å². The molecular formula is C6H10O5S2. The van der Waals surface area contributed by atoms with Gasteiger partial charge in [-0.25, -0.2) is 4.79 Å². The zero-order chi connectivity index (χ0) is 10.1. The van der Waals surface area contributed by atoms with E-state index in [2.05, 4.69) is 4.89 Å². The fraction of sp³-hybridized carbons (Fsp3) is 0.667. The minimum Gasteiger partial charge on any atom is -0.481 e. The topological polar surface area (TPSA) is 83.8 Å². The Kier molecular flexibility index (Phi) is 7.96. The largest absolute Gasteiger partial charge is 0.481 e. The first kappa shape index (κ1) is 12.6. The third-order valence-electron chi connectivity index (χ3n) is 0.974. The molecule has 0 unspecified atom stereocenters. The molecule has 0 aromatic carbocycles. The summed E-state index contributed by atoms with van der Waals surface area (Å²) in [7, 11) is 2.76. The average Bonchev–Trinajstić information content (AvgIpc) is 2.10. The summed E-state index contributed by atoms with van der Waals surface area (Å²) in [5, 5.41) is 16.1. The molecule has 0 heterocycles. The van der Waals surface area contributed by atoms with E-state index in [1.54, 1.807) is 0 Å². The van der Waals surface area contributed by atoms with E-state index in [0.717, 1.165) is 0 Å². The number of aliphatic carboxylic acids is 1. The van der Waals surface area contributed by atoms with Crippen LogP contribution < -0.4 is 0 Å². The van der Waals surface area contributed by atoms with Crippen molar-refractivity contribution in [1.82, 2.24) is 0 Å². The van der Waals surface area contributed by atoms with Crippen molar-refractivity contribution in [2.75, 3.05) is 11.5 Å². The Hall–Kier alpha value is -0.400. The van der Waals surface area contributed by atoms with Crippen molar-refractivity contribution in [3.8, 4) is 0 Å². The van der Waals surface area contributed by atoms with Gasteiger partial charge in [-0.1, -0.05) is 21.6 Å². The van der Waals surface area contributed by atoms with Crippen LogP contribution in [0.15, 0.2) is 0 Å². The molecule has 0 aliphatic carbocycles. The van der Waals surface area contributed by atoms with Crippen LogP contribution in [-0.4, -0.2) is 33.8 Å². The molecule has 0 aliphatic rings. The molecule has 0 saturated heterocycles. The van der Waals surface area contributed by atoms with Gasteiger partial charge in [0.05, 0.1) is 12.8 Å². The summed E-state index contributed by atoms with van der Waals surface area (Å²) in [5.41, 5.74) is 0. The van der Waals surface area contributed by atoms with E-state index in [1.807, 2.05) is 0 Å². The van der Waals surface area contributed by atoms with E-state index >= 15 is 0 Å². The summed E-state index contributed by atoms with van der Waals surface area (Å²) in [4.78, 5) is 23.9. The molecule has 0 radical (unpaired) electrons. The summed E-state index contributed by atoms with van der Waals surface area (Å²) in [6.07, 6.45) is 0.239. The Morgan fingerprint density at radius 3 is 2.15 bits per heavy atom. The van der Waals surface area contributed by atoms with Crippen molar-refractivity contribution in [1.29, 1.82) is 0 Å². The standard InChI is InChI=1S/C6H10O5S2/c7-5(8)1-3-12-13-4-2-6(9)11-10/h10H,1-4H2,(H,7,8). The Bertz CT molecular complexity index is 172. The molecule has 5 nitrogen and oxygen atoms in total. The zero-order valence-electron chi connectivity index (χ0n) is 6.76. The Balaban J connectivity index is 3.08. The molecule has 0 saturated carbocycles. The van der Waals surface area contributed by atoms with E-state index in [1.165, 1.54) is 21.6 Å². The summed E-state index contributed by atoms with van der Waals surface area (Å²) in [5.74, 6) is -0.494.